The topological polar surface area (TPSA) is 29.5 Å². The molecule has 0 aromatic heterocycles. The van der Waals surface area contributed by atoms with Gasteiger partial charge in [-0.25, -0.2) is 0 Å². The molecule has 2 aliphatic rings. The average molecular weight is 287 g/mol. The van der Waals surface area contributed by atoms with Crippen LogP contribution >= 0.6 is 0 Å². The van der Waals surface area contributed by atoms with Crippen molar-refractivity contribution in [2.75, 3.05) is 19.7 Å². The van der Waals surface area contributed by atoms with Crippen LogP contribution in [-0.4, -0.2) is 35.9 Å². The van der Waals surface area contributed by atoms with Crippen molar-refractivity contribution in [2.45, 2.75) is 51.5 Å². The molecule has 0 spiro atoms. The van der Waals surface area contributed by atoms with Crippen molar-refractivity contribution in [3.8, 4) is 5.75 Å². The van der Waals surface area contributed by atoms with Gasteiger partial charge in [0.15, 0.2) is 5.78 Å². The first-order chi connectivity index (χ1) is 10.2. The van der Waals surface area contributed by atoms with Crippen LogP contribution in [0, 0.1) is 0 Å². The lowest BCUT2D eigenvalue weighted by atomic mass is 9.85. The number of aryl methyl sites for hydroxylation is 1. The van der Waals surface area contributed by atoms with E-state index in [4.69, 9.17) is 4.74 Å². The predicted octanol–water partition coefficient (Wildman–Crippen LogP) is 3.46. The number of hydrogen-bond donors (Lipinski definition) is 0. The first kappa shape index (κ1) is 14.6. The van der Waals surface area contributed by atoms with Gasteiger partial charge in [0.2, 0.25) is 0 Å². The van der Waals surface area contributed by atoms with Crippen LogP contribution < -0.4 is 4.74 Å². The summed E-state index contributed by atoms with van der Waals surface area (Å²) in [4.78, 5) is 15.6. The molecule has 1 aromatic carbocycles. The summed E-state index contributed by atoms with van der Waals surface area (Å²) in [5, 5.41) is 0. The maximum Gasteiger partial charge on any atom is 0.186 e. The van der Waals surface area contributed by atoms with Crippen molar-refractivity contribution in [2.24, 2.45) is 0 Å². The molecule has 1 aromatic rings. The molecule has 0 N–H and O–H groups in total. The van der Waals surface area contributed by atoms with E-state index in [-0.39, 0.29) is 5.78 Å². The number of ether oxygens (including phenoxy) is 1. The van der Waals surface area contributed by atoms with Crippen molar-refractivity contribution < 1.29 is 9.53 Å². The minimum absolute atomic E-state index is 0.227. The zero-order valence-corrected chi connectivity index (χ0v) is 13.2. The van der Waals surface area contributed by atoms with Crippen molar-refractivity contribution in [1.29, 1.82) is 0 Å². The summed E-state index contributed by atoms with van der Waals surface area (Å²) in [6.07, 6.45) is 5.30. The van der Waals surface area contributed by atoms with Gasteiger partial charge in [0.05, 0.1) is 17.7 Å². The van der Waals surface area contributed by atoms with E-state index in [0.717, 1.165) is 50.3 Å². The smallest absolute Gasteiger partial charge is 0.186 e. The second kappa shape index (κ2) is 5.80. The third kappa shape index (κ3) is 2.48. The largest absolute Gasteiger partial charge is 0.493 e. The third-order valence-electron chi connectivity index (χ3n) is 5.16. The molecule has 0 saturated carbocycles. The molecule has 3 nitrogen and oxygen atoms in total. The van der Waals surface area contributed by atoms with Crippen molar-refractivity contribution in [3.63, 3.8) is 0 Å². The molecular weight excluding hydrogens is 262 g/mol. The van der Waals surface area contributed by atoms with E-state index >= 15 is 0 Å². The van der Waals surface area contributed by atoms with Gasteiger partial charge < -0.3 is 4.74 Å². The zero-order valence-electron chi connectivity index (χ0n) is 13.2. The Bertz CT molecular complexity index is 534. The number of ketones is 1. The summed E-state index contributed by atoms with van der Waals surface area (Å²) >= 11 is 0. The van der Waals surface area contributed by atoms with Crippen LogP contribution in [0.1, 0.15) is 55.5 Å². The number of likely N-dealkylation sites (tertiary alicyclic amines) is 1. The van der Waals surface area contributed by atoms with Gasteiger partial charge in [0.1, 0.15) is 5.75 Å². The third-order valence-corrected chi connectivity index (χ3v) is 5.16. The highest BCUT2D eigenvalue weighted by molar-refractivity contribution is 6.05. The fourth-order valence-electron chi connectivity index (χ4n) is 3.60. The molecule has 21 heavy (non-hydrogen) atoms. The Kier molecular flexibility index (Phi) is 4.03. The fourth-order valence-corrected chi connectivity index (χ4v) is 3.60. The van der Waals surface area contributed by atoms with Crippen LogP contribution in [0.25, 0.3) is 0 Å². The highest BCUT2D eigenvalue weighted by atomic mass is 16.5. The molecule has 3 rings (SSSR count). The highest BCUT2D eigenvalue weighted by Gasteiger charge is 2.40. The number of Topliss-reactive ketones (excluding diaryl/α,β-unsaturated/α-hetero) is 1. The lowest BCUT2D eigenvalue weighted by molar-refractivity contribution is 0.0642. The standard InChI is InChI=1S/C18H25NO2/c1-3-18(2,19-11-4-5-12-19)17(20)15-10-6-8-14-9-7-13-21-16(14)15/h6,8,10H,3-5,7,9,11-13H2,1-2H3. The van der Waals surface area contributed by atoms with Crippen LogP contribution in [0.4, 0.5) is 0 Å². The van der Waals surface area contributed by atoms with Gasteiger partial charge in [0, 0.05) is 0 Å². The number of fused-ring (bicyclic) bond motifs is 1. The summed E-state index contributed by atoms with van der Waals surface area (Å²) in [7, 11) is 0. The summed E-state index contributed by atoms with van der Waals surface area (Å²) < 4.78 is 5.84. The molecule has 1 unspecified atom stereocenters. The van der Waals surface area contributed by atoms with Gasteiger partial charge >= 0.3 is 0 Å². The minimum Gasteiger partial charge on any atom is -0.493 e. The van der Waals surface area contributed by atoms with Crippen LogP contribution in [0.5, 0.6) is 5.75 Å². The van der Waals surface area contributed by atoms with Crippen LogP contribution in [0.2, 0.25) is 0 Å². The molecule has 1 saturated heterocycles. The quantitative estimate of drug-likeness (QED) is 0.794. The normalized spacial score (nSPS) is 21.4. The number of hydrogen-bond acceptors (Lipinski definition) is 3. The summed E-state index contributed by atoms with van der Waals surface area (Å²) in [5.74, 6) is 1.07. The molecule has 3 heteroatoms. The molecule has 1 fully saturated rings. The lowest BCUT2D eigenvalue weighted by Gasteiger charge is -2.37. The van der Waals surface area contributed by atoms with E-state index in [2.05, 4.69) is 24.8 Å². The summed E-state index contributed by atoms with van der Waals surface area (Å²) in [6.45, 7) is 7.01. The van der Waals surface area contributed by atoms with E-state index in [0.29, 0.717) is 0 Å². The van der Waals surface area contributed by atoms with Gasteiger partial charge in [-0.3, -0.25) is 9.69 Å². The SMILES string of the molecule is CCC(C)(C(=O)c1cccc2c1OCCC2)N1CCCC1. The molecule has 114 valence electrons. The Hall–Kier alpha value is -1.35. The average Bonchev–Trinajstić information content (AvgIpc) is 3.08. The number of para-hydroxylation sites is 1. The Morgan fingerprint density at radius 3 is 2.76 bits per heavy atom. The molecular formula is C18H25NO2. The van der Waals surface area contributed by atoms with Crippen molar-refractivity contribution in [1.82, 2.24) is 4.90 Å². The van der Waals surface area contributed by atoms with Crippen LogP contribution in [0.15, 0.2) is 18.2 Å². The van der Waals surface area contributed by atoms with Crippen LogP contribution in [-0.2, 0) is 6.42 Å². The van der Waals surface area contributed by atoms with E-state index < -0.39 is 5.54 Å². The lowest BCUT2D eigenvalue weighted by Crippen LogP contribution is -2.50. The van der Waals surface area contributed by atoms with Gasteiger partial charge in [-0.05, 0) is 63.7 Å². The number of carbonyl (C=O) groups excluding carboxylic acids is 1. The predicted molar refractivity (Wildman–Crippen MR) is 84.1 cm³/mol. The van der Waals surface area contributed by atoms with Crippen molar-refractivity contribution >= 4 is 5.78 Å². The van der Waals surface area contributed by atoms with Gasteiger partial charge in [-0.1, -0.05) is 19.1 Å². The van der Waals surface area contributed by atoms with Gasteiger partial charge in [-0.15, -0.1) is 0 Å². The zero-order chi connectivity index (χ0) is 14.9. The molecule has 2 heterocycles. The van der Waals surface area contributed by atoms with Crippen LogP contribution in [0.3, 0.4) is 0 Å². The number of nitrogens with zero attached hydrogens (tertiary/aromatic N) is 1. The molecule has 0 radical (unpaired) electrons. The van der Waals surface area contributed by atoms with E-state index in [1.54, 1.807) is 0 Å². The monoisotopic (exact) mass is 287 g/mol. The summed E-state index contributed by atoms with van der Waals surface area (Å²) in [5.41, 5.74) is 1.57. The number of carbonyl (C=O) groups is 1. The van der Waals surface area contributed by atoms with Gasteiger partial charge in [-0.2, -0.15) is 0 Å². The number of rotatable bonds is 4. The highest BCUT2D eigenvalue weighted by Crippen LogP contribution is 2.35. The molecule has 0 bridgehead atoms. The minimum atomic E-state index is -0.396. The molecule has 0 amide bonds. The Labute approximate surface area is 127 Å². The van der Waals surface area contributed by atoms with Crippen molar-refractivity contribution in [3.05, 3.63) is 29.3 Å². The second-order valence-corrected chi connectivity index (χ2v) is 6.40. The molecule has 2 aliphatic heterocycles. The number of benzene rings is 1. The molecule has 0 aliphatic carbocycles. The maximum absolute atomic E-state index is 13.2. The second-order valence-electron chi connectivity index (χ2n) is 6.40. The first-order valence-electron chi connectivity index (χ1n) is 8.21. The maximum atomic E-state index is 13.2. The Morgan fingerprint density at radius 2 is 2.05 bits per heavy atom. The van der Waals surface area contributed by atoms with E-state index in [1.165, 1.54) is 18.4 Å². The van der Waals surface area contributed by atoms with Gasteiger partial charge in [0.25, 0.3) is 0 Å². The van der Waals surface area contributed by atoms with E-state index in [1.807, 2.05) is 12.1 Å². The Balaban J connectivity index is 1.97. The first-order valence-corrected chi connectivity index (χ1v) is 8.21. The Morgan fingerprint density at radius 1 is 1.29 bits per heavy atom. The molecule has 1 atom stereocenters. The van der Waals surface area contributed by atoms with E-state index in [9.17, 15) is 4.79 Å². The fraction of sp³-hybridized carbons (Fsp3) is 0.611. The summed E-state index contributed by atoms with van der Waals surface area (Å²) in [6, 6.07) is 6.03.